The van der Waals surface area contributed by atoms with Gasteiger partial charge >= 0.3 is 12.1 Å². The van der Waals surface area contributed by atoms with Gasteiger partial charge in [0.25, 0.3) is 4.93 Å². The van der Waals surface area contributed by atoms with Crippen LogP contribution in [0, 0.1) is 17.8 Å². The summed E-state index contributed by atoms with van der Waals surface area (Å²) in [5, 5.41) is 19.8. The highest BCUT2D eigenvalue weighted by molar-refractivity contribution is 7.99. The lowest BCUT2D eigenvalue weighted by atomic mass is 9.74. The maximum absolute atomic E-state index is 14.5. The third-order valence-corrected chi connectivity index (χ3v) is 5.82. The van der Waals surface area contributed by atoms with E-state index in [9.17, 15) is 32.2 Å². The molecule has 1 fully saturated rings. The van der Waals surface area contributed by atoms with Gasteiger partial charge in [-0.1, -0.05) is 12.2 Å². The lowest BCUT2D eigenvalue weighted by Gasteiger charge is -2.47. The summed E-state index contributed by atoms with van der Waals surface area (Å²) in [6.45, 7) is 0.694. The molecule has 2 nitrogen and oxygen atoms in total. The number of hydrogen-bond donors (Lipinski definition) is 2. The number of hydrogen-bond acceptors (Lipinski definition) is 3. The van der Waals surface area contributed by atoms with Crippen molar-refractivity contribution in [2.24, 2.45) is 17.8 Å². The van der Waals surface area contributed by atoms with Crippen LogP contribution in [0.15, 0.2) is 12.2 Å². The molecule has 8 heteroatoms. The Hall–Kier alpha value is -0.340. The summed E-state index contributed by atoms with van der Waals surface area (Å²) < 4.78 is 67.7. The van der Waals surface area contributed by atoms with E-state index >= 15 is 0 Å². The van der Waals surface area contributed by atoms with Gasteiger partial charge in [-0.15, -0.1) is 11.8 Å². The van der Waals surface area contributed by atoms with Crippen LogP contribution in [0.3, 0.4) is 0 Å². The Morgan fingerprint density at radius 3 is 1.95 bits per heavy atom. The predicted octanol–water partition coefficient (Wildman–Crippen LogP) is 3.20. The van der Waals surface area contributed by atoms with Gasteiger partial charge in [-0.05, 0) is 37.9 Å². The van der Waals surface area contributed by atoms with Crippen LogP contribution in [0.2, 0.25) is 0 Å². The van der Waals surface area contributed by atoms with Crippen LogP contribution in [0.5, 0.6) is 0 Å². The zero-order valence-electron chi connectivity index (χ0n) is 11.5. The van der Waals surface area contributed by atoms with E-state index in [2.05, 4.69) is 0 Å². The molecule has 2 bridgehead atoms. The van der Waals surface area contributed by atoms with Crippen molar-refractivity contribution in [1.29, 1.82) is 0 Å². The minimum absolute atomic E-state index is 0.00975. The Morgan fingerprint density at radius 1 is 1.05 bits per heavy atom. The van der Waals surface area contributed by atoms with Crippen molar-refractivity contribution >= 4 is 11.8 Å². The van der Waals surface area contributed by atoms with E-state index in [0.717, 1.165) is 6.26 Å². The highest BCUT2D eigenvalue weighted by Crippen LogP contribution is 2.59. The van der Waals surface area contributed by atoms with E-state index in [1.165, 1.54) is 0 Å². The van der Waals surface area contributed by atoms with E-state index in [1.807, 2.05) is 6.08 Å². The second-order valence-electron chi connectivity index (χ2n) is 5.95. The number of fused-ring (bicyclic) bond motifs is 2. The third kappa shape index (κ3) is 2.21. The molecule has 0 heterocycles. The van der Waals surface area contributed by atoms with Gasteiger partial charge in [0, 0.05) is 5.92 Å². The van der Waals surface area contributed by atoms with Crippen molar-refractivity contribution in [3.63, 3.8) is 0 Å². The van der Waals surface area contributed by atoms with Crippen LogP contribution in [0.1, 0.15) is 19.8 Å². The molecule has 0 aromatic rings. The van der Waals surface area contributed by atoms with Crippen LogP contribution in [-0.4, -0.2) is 39.1 Å². The van der Waals surface area contributed by atoms with Crippen LogP contribution in [-0.2, 0) is 0 Å². The molecule has 1 saturated carbocycles. The molecule has 0 spiro atoms. The fourth-order valence-corrected chi connectivity index (χ4v) is 4.12. The maximum Gasteiger partial charge on any atom is 0.433 e. The lowest BCUT2D eigenvalue weighted by molar-refractivity contribution is -0.336. The molecule has 2 N–H and O–H groups in total. The fraction of sp³-hybridized carbons (Fsp3) is 0.846. The van der Waals surface area contributed by atoms with E-state index in [4.69, 9.17) is 0 Å². The van der Waals surface area contributed by atoms with E-state index in [-0.39, 0.29) is 18.3 Å². The smallest absolute Gasteiger partial charge is 0.383 e. The second kappa shape index (κ2) is 4.83. The molecular formula is C13H17F5O2S. The van der Waals surface area contributed by atoms with Crippen LogP contribution < -0.4 is 0 Å². The van der Waals surface area contributed by atoms with Gasteiger partial charge < -0.3 is 10.2 Å². The highest BCUT2D eigenvalue weighted by atomic mass is 32.2. The van der Waals surface area contributed by atoms with Crippen molar-refractivity contribution in [3.8, 4) is 0 Å². The normalized spacial score (nSPS) is 34.8. The zero-order chi connectivity index (χ0) is 16.3. The number of allylic oxidation sites excluding steroid dienone is 2. The summed E-state index contributed by atoms with van der Waals surface area (Å²) in [4.78, 5) is -4.32. The first kappa shape index (κ1) is 17.0. The topological polar surface area (TPSA) is 40.5 Å². The quantitative estimate of drug-likeness (QED) is 0.472. The average Bonchev–Trinajstić information content (AvgIpc) is 2.98. The Balaban J connectivity index is 2.39. The molecule has 2 aliphatic rings. The fourth-order valence-electron chi connectivity index (χ4n) is 3.42. The van der Waals surface area contributed by atoms with Crippen molar-refractivity contribution in [2.75, 3.05) is 6.26 Å². The Bertz CT molecular complexity index is 448. The second-order valence-corrected chi connectivity index (χ2v) is 6.95. The van der Waals surface area contributed by atoms with E-state index in [0.29, 0.717) is 13.3 Å². The predicted molar refractivity (Wildman–Crippen MR) is 68.9 cm³/mol. The van der Waals surface area contributed by atoms with Crippen molar-refractivity contribution in [2.45, 2.75) is 42.4 Å². The summed E-state index contributed by atoms with van der Waals surface area (Å²) in [6.07, 6.45) is -0.562. The minimum atomic E-state index is -5.56. The molecular weight excluding hydrogens is 315 g/mol. The van der Waals surface area contributed by atoms with Crippen molar-refractivity contribution in [1.82, 2.24) is 0 Å². The van der Waals surface area contributed by atoms with Crippen molar-refractivity contribution < 1.29 is 32.2 Å². The van der Waals surface area contributed by atoms with Gasteiger partial charge in [-0.25, -0.2) is 0 Å². The Kier molecular flexibility index (Phi) is 3.91. The molecule has 0 saturated heterocycles. The monoisotopic (exact) mass is 332 g/mol. The SMILES string of the molecule is CSC(O)(C(F)(F)F)C(F)(F)C(C)(O)C1CC2C=CC1C2. The van der Waals surface area contributed by atoms with Gasteiger partial charge in [0.05, 0.1) is 0 Å². The molecule has 122 valence electrons. The molecule has 0 aliphatic heterocycles. The summed E-state index contributed by atoms with van der Waals surface area (Å²) in [5.41, 5.74) is -2.95. The van der Waals surface area contributed by atoms with Gasteiger partial charge in [0.1, 0.15) is 5.60 Å². The number of aliphatic hydroxyl groups is 2. The highest BCUT2D eigenvalue weighted by Gasteiger charge is 2.76. The summed E-state index contributed by atoms with van der Waals surface area (Å²) >= 11 is -0.406. The van der Waals surface area contributed by atoms with E-state index in [1.54, 1.807) is 6.08 Å². The van der Waals surface area contributed by atoms with Gasteiger partial charge in [-0.3, -0.25) is 0 Å². The number of rotatable bonds is 4. The first-order valence-corrected chi connectivity index (χ1v) is 7.73. The molecule has 0 aromatic carbocycles. The molecule has 2 aliphatic carbocycles. The van der Waals surface area contributed by atoms with Crippen LogP contribution in [0.4, 0.5) is 22.0 Å². The minimum Gasteiger partial charge on any atom is -0.383 e. The molecule has 2 rings (SSSR count). The Morgan fingerprint density at radius 2 is 1.62 bits per heavy atom. The standard InChI is InChI=1S/C13H17F5O2S/c1-10(19,9-6-7-3-4-8(9)5-7)11(14,15)12(20,21-2)13(16,17)18/h3-4,7-9,19-20H,5-6H2,1-2H3. The lowest BCUT2D eigenvalue weighted by Crippen LogP contribution is -2.68. The molecule has 5 atom stereocenters. The van der Waals surface area contributed by atoms with Gasteiger partial charge in [0.2, 0.25) is 0 Å². The molecule has 0 aromatic heterocycles. The first-order valence-electron chi connectivity index (χ1n) is 6.51. The van der Waals surface area contributed by atoms with Crippen LogP contribution in [0.25, 0.3) is 0 Å². The average molecular weight is 332 g/mol. The summed E-state index contributed by atoms with van der Waals surface area (Å²) in [6, 6.07) is 0. The Labute approximate surface area is 123 Å². The largest absolute Gasteiger partial charge is 0.433 e. The van der Waals surface area contributed by atoms with Crippen LogP contribution >= 0.6 is 11.8 Å². The summed E-state index contributed by atoms with van der Waals surface area (Å²) in [7, 11) is 0. The number of thioether (sulfide) groups is 1. The molecule has 0 amide bonds. The van der Waals surface area contributed by atoms with E-state index < -0.39 is 40.3 Å². The molecule has 0 radical (unpaired) electrons. The maximum atomic E-state index is 14.5. The molecule has 21 heavy (non-hydrogen) atoms. The third-order valence-electron chi connectivity index (χ3n) is 4.74. The van der Waals surface area contributed by atoms with Gasteiger partial charge in [-0.2, -0.15) is 22.0 Å². The number of alkyl halides is 5. The number of halogens is 5. The van der Waals surface area contributed by atoms with Crippen molar-refractivity contribution in [3.05, 3.63) is 12.2 Å². The van der Waals surface area contributed by atoms with Gasteiger partial charge in [0.15, 0.2) is 0 Å². The molecule has 5 unspecified atom stereocenters. The zero-order valence-corrected chi connectivity index (χ0v) is 12.3. The first-order chi connectivity index (χ1) is 9.38. The summed E-state index contributed by atoms with van der Waals surface area (Å²) in [5.74, 6) is -6.12.